The molecule has 3 aromatic rings. The zero-order chi connectivity index (χ0) is 23.4. The van der Waals surface area contributed by atoms with E-state index < -0.39 is 12.0 Å². The van der Waals surface area contributed by atoms with Gasteiger partial charge in [0.15, 0.2) is 4.80 Å². The van der Waals surface area contributed by atoms with Gasteiger partial charge in [-0.2, -0.15) is 0 Å². The van der Waals surface area contributed by atoms with E-state index in [4.69, 9.17) is 9.47 Å². The van der Waals surface area contributed by atoms with E-state index in [1.165, 1.54) is 11.3 Å². The average molecular weight is 461 g/mol. The Morgan fingerprint density at radius 2 is 1.88 bits per heavy atom. The molecule has 0 fully saturated rings. The van der Waals surface area contributed by atoms with E-state index >= 15 is 0 Å². The quantitative estimate of drug-likeness (QED) is 0.528. The van der Waals surface area contributed by atoms with Gasteiger partial charge in [-0.15, -0.1) is 0 Å². The molecule has 0 saturated heterocycles. The first-order chi connectivity index (χ1) is 16.0. The second kappa shape index (κ2) is 9.83. The molecule has 1 aliphatic heterocycles. The van der Waals surface area contributed by atoms with E-state index in [0.717, 1.165) is 5.56 Å². The van der Waals surface area contributed by atoms with E-state index in [1.807, 2.05) is 66.7 Å². The number of nitrogens with zero attached hydrogens (tertiary/aromatic N) is 2. The van der Waals surface area contributed by atoms with Crippen molar-refractivity contribution in [3.63, 3.8) is 0 Å². The highest BCUT2D eigenvalue weighted by Gasteiger charge is 2.34. The van der Waals surface area contributed by atoms with Gasteiger partial charge in [0.25, 0.3) is 5.56 Å². The molecule has 1 aromatic heterocycles. The van der Waals surface area contributed by atoms with E-state index in [9.17, 15) is 9.59 Å². The third-order valence-electron chi connectivity index (χ3n) is 5.29. The molecular formula is C26H24N2O4S. The number of fused-ring (bicyclic) bond motifs is 1. The van der Waals surface area contributed by atoms with E-state index in [1.54, 1.807) is 31.6 Å². The summed E-state index contributed by atoms with van der Waals surface area (Å²) in [5, 5.41) is 0. The van der Waals surface area contributed by atoms with Crippen LogP contribution >= 0.6 is 11.3 Å². The first-order valence-corrected chi connectivity index (χ1v) is 11.4. The van der Waals surface area contributed by atoms with E-state index in [-0.39, 0.29) is 12.2 Å². The number of rotatable bonds is 6. The summed E-state index contributed by atoms with van der Waals surface area (Å²) in [5.74, 6) is 0.0884. The molecule has 0 aliphatic carbocycles. The van der Waals surface area contributed by atoms with Crippen LogP contribution in [0.1, 0.15) is 31.0 Å². The van der Waals surface area contributed by atoms with Gasteiger partial charge in [-0.3, -0.25) is 9.36 Å². The topological polar surface area (TPSA) is 69.9 Å². The highest BCUT2D eigenvalue weighted by atomic mass is 32.1. The van der Waals surface area contributed by atoms with Crippen LogP contribution in [0.3, 0.4) is 0 Å². The Labute approximate surface area is 195 Å². The van der Waals surface area contributed by atoms with Crippen molar-refractivity contribution >= 4 is 29.5 Å². The van der Waals surface area contributed by atoms with Crippen LogP contribution in [0.15, 0.2) is 81.7 Å². The van der Waals surface area contributed by atoms with Gasteiger partial charge in [-0.05, 0) is 31.6 Å². The third kappa shape index (κ3) is 4.45. The molecule has 0 saturated carbocycles. The highest BCUT2D eigenvalue weighted by Crippen LogP contribution is 2.35. The Bertz CT molecular complexity index is 1410. The fourth-order valence-corrected chi connectivity index (χ4v) is 4.80. The Balaban J connectivity index is 1.90. The van der Waals surface area contributed by atoms with Gasteiger partial charge in [-0.1, -0.05) is 72.0 Å². The third-order valence-corrected chi connectivity index (χ3v) is 6.29. The molecule has 0 unspecified atom stereocenters. The lowest BCUT2D eigenvalue weighted by Crippen LogP contribution is -2.40. The van der Waals surface area contributed by atoms with Crippen molar-refractivity contribution in [1.82, 2.24) is 4.57 Å². The van der Waals surface area contributed by atoms with Crippen molar-refractivity contribution in [1.29, 1.82) is 0 Å². The van der Waals surface area contributed by atoms with Gasteiger partial charge >= 0.3 is 5.97 Å². The van der Waals surface area contributed by atoms with Crippen LogP contribution in [0.4, 0.5) is 0 Å². The molecule has 6 nitrogen and oxygen atoms in total. The number of ether oxygens (including phenoxy) is 2. The second-order valence-corrected chi connectivity index (χ2v) is 8.35. The highest BCUT2D eigenvalue weighted by molar-refractivity contribution is 7.07. The number of para-hydroxylation sites is 1. The van der Waals surface area contributed by atoms with Crippen molar-refractivity contribution in [2.45, 2.75) is 19.9 Å². The molecule has 0 amide bonds. The first kappa shape index (κ1) is 22.5. The molecule has 1 aliphatic rings. The number of benzene rings is 2. The fourth-order valence-electron chi connectivity index (χ4n) is 3.80. The van der Waals surface area contributed by atoms with Gasteiger partial charge in [-0.25, -0.2) is 9.79 Å². The normalized spacial score (nSPS) is 16.0. The largest absolute Gasteiger partial charge is 0.496 e. The molecule has 0 spiro atoms. The minimum atomic E-state index is -0.697. The standard InChI is InChI=1S/C26H24N2O4S/c1-4-32-25(30)22-17(2)27-26-28(23(22)19-14-8-9-15-20(19)31-3)24(29)21(33-26)16-10-13-18-11-6-5-7-12-18/h5-16,23H,4H2,1-3H3/b13-10+,21-16-/t23-/m1/s1. The SMILES string of the molecule is CCOC(=O)C1=C(C)N=c2s/c(=C\C=C\c3ccccc3)c(=O)n2[C@@H]1c1ccccc1OC. The minimum absolute atomic E-state index is 0.221. The predicted octanol–water partition coefficient (Wildman–Crippen LogP) is 3.47. The van der Waals surface area contributed by atoms with Gasteiger partial charge < -0.3 is 9.47 Å². The number of methoxy groups -OCH3 is 1. The summed E-state index contributed by atoms with van der Waals surface area (Å²) in [7, 11) is 1.57. The first-order valence-electron chi connectivity index (χ1n) is 10.6. The average Bonchev–Trinajstić information content (AvgIpc) is 3.13. The maximum atomic E-state index is 13.5. The molecule has 0 radical (unpaired) electrons. The van der Waals surface area contributed by atoms with Crippen LogP contribution in [0.2, 0.25) is 0 Å². The number of carbonyl (C=O) groups excluding carboxylic acids is 1. The van der Waals surface area contributed by atoms with Crippen LogP contribution < -0.4 is 19.6 Å². The molecule has 7 heteroatoms. The fraction of sp³-hybridized carbons (Fsp3) is 0.192. The number of hydrogen-bond donors (Lipinski definition) is 0. The van der Waals surface area contributed by atoms with E-state index in [0.29, 0.717) is 31.9 Å². The second-order valence-electron chi connectivity index (χ2n) is 7.34. The van der Waals surface area contributed by atoms with Crippen LogP contribution in [0.25, 0.3) is 12.2 Å². The molecule has 2 heterocycles. The summed E-state index contributed by atoms with van der Waals surface area (Å²) >= 11 is 1.29. The van der Waals surface area contributed by atoms with Crippen LogP contribution in [-0.2, 0) is 9.53 Å². The van der Waals surface area contributed by atoms with Crippen LogP contribution in [0.5, 0.6) is 5.75 Å². The molecule has 4 rings (SSSR count). The number of carbonyl (C=O) groups is 1. The smallest absolute Gasteiger partial charge is 0.338 e. The zero-order valence-corrected chi connectivity index (χ0v) is 19.5. The Morgan fingerprint density at radius 3 is 2.61 bits per heavy atom. The van der Waals surface area contributed by atoms with Crippen molar-refractivity contribution in [2.24, 2.45) is 4.99 Å². The van der Waals surface area contributed by atoms with Gasteiger partial charge in [0.05, 0.1) is 29.5 Å². The Kier molecular flexibility index (Phi) is 6.70. The summed E-state index contributed by atoms with van der Waals surface area (Å²) < 4.78 is 13.0. The molecule has 168 valence electrons. The summed E-state index contributed by atoms with van der Waals surface area (Å²) in [6, 6.07) is 16.5. The molecule has 1 atom stereocenters. The minimum Gasteiger partial charge on any atom is -0.496 e. The van der Waals surface area contributed by atoms with Crippen molar-refractivity contribution in [2.75, 3.05) is 13.7 Å². The Hall–Kier alpha value is -3.71. The van der Waals surface area contributed by atoms with Crippen LogP contribution in [0, 0.1) is 0 Å². The molecule has 0 N–H and O–H groups in total. The predicted molar refractivity (Wildman–Crippen MR) is 130 cm³/mol. The maximum absolute atomic E-state index is 13.5. The van der Waals surface area contributed by atoms with Crippen molar-refractivity contribution in [3.8, 4) is 5.75 Å². The molecule has 2 aromatic carbocycles. The zero-order valence-electron chi connectivity index (χ0n) is 18.6. The van der Waals surface area contributed by atoms with E-state index in [2.05, 4.69) is 4.99 Å². The van der Waals surface area contributed by atoms with Crippen molar-refractivity contribution < 1.29 is 14.3 Å². The lowest BCUT2D eigenvalue weighted by Gasteiger charge is -2.25. The summed E-state index contributed by atoms with van der Waals surface area (Å²) in [6.07, 6.45) is 5.56. The van der Waals surface area contributed by atoms with Crippen LogP contribution in [-0.4, -0.2) is 24.3 Å². The molecule has 0 bridgehead atoms. The lowest BCUT2D eigenvalue weighted by atomic mass is 9.95. The number of esters is 1. The summed E-state index contributed by atoms with van der Waals surface area (Å²) in [6.45, 7) is 3.74. The molecular weight excluding hydrogens is 436 g/mol. The summed E-state index contributed by atoms with van der Waals surface area (Å²) in [5.41, 5.74) is 2.37. The monoisotopic (exact) mass is 460 g/mol. The summed E-state index contributed by atoms with van der Waals surface area (Å²) in [4.78, 5) is 31.6. The van der Waals surface area contributed by atoms with Gasteiger partial charge in [0.1, 0.15) is 11.8 Å². The van der Waals surface area contributed by atoms with Crippen molar-refractivity contribution in [3.05, 3.63) is 103 Å². The van der Waals surface area contributed by atoms with Gasteiger partial charge in [0.2, 0.25) is 0 Å². The number of thiazole rings is 1. The lowest BCUT2D eigenvalue weighted by molar-refractivity contribution is -0.139. The Morgan fingerprint density at radius 1 is 1.15 bits per heavy atom. The number of allylic oxidation sites excluding steroid dienone is 2. The molecule has 33 heavy (non-hydrogen) atoms. The van der Waals surface area contributed by atoms with Gasteiger partial charge in [0, 0.05) is 5.56 Å². The number of aromatic nitrogens is 1. The number of hydrogen-bond acceptors (Lipinski definition) is 6. The maximum Gasteiger partial charge on any atom is 0.338 e.